The number of nitrogens with one attached hydrogen (secondary N) is 1. The topological polar surface area (TPSA) is 64.0 Å². The fourth-order valence-electron chi connectivity index (χ4n) is 2.86. The van der Waals surface area contributed by atoms with Gasteiger partial charge in [-0.3, -0.25) is 4.68 Å². The summed E-state index contributed by atoms with van der Waals surface area (Å²) in [4.78, 5) is 0.130. The molecule has 0 bridgehead atoms. The minimum Gasteiger partial charge on any atom is -0.267 e. The molecule has 0 aliphatic heterocycles. The zero-order valence-corrected chi connectivity index (χ0v) is 15.9. The molecule has 1 heterocycles. The zero-order valence-electron chi connectivity index (χ0n) is 15.1. The molecule has 148 valence electrons. The summed E-state index contributed by atoms with van der Waals surface area (Å²) in [7, 11) is -3.73. The van der Waals surface area contributed by atoms with Gasteiger partial charge in [-0.2, -0.15) is 18.3 Å². The van der Waals surface area contributed by atoms with E-state index in [1.165, 1.54) is 16.8 Å². The van der Waals surface area contributed by atoms with Crippen LogP contribution < -0.4 is 4.72 Å². The van der Waals surface area contributed by atoms with E-state index < -0.39 is 21.9 Å². The van der Waals surface area contributed by atoms with Crippen molar-refractivity contribution in [1.82, 2.24) is 14.5 Å². The Bertz CT molecular complexity index is 899. The zero-order chi connectivity index (χ0) is 19.8. The highest BCUT2D eigenvalue weighted by molar-refractivity contribution is 7.89. The van der Waals surface area contributed by atoms with E-state index in [1.54, 1.807) is 12.1 Å². The minimum absolute atomic E-state index is 0.0348. The Kier molecular flexibility index (Phi) is 5.36. The van der Waals surface area contributed by atoms with E-state index >= 15 is 0 Å². The second kappa shape index (κ2) is 7.27. The van der Waals surface area contributed by atoms with Crippen LogP contribution in [0.2, 0.25) is 0 Å². The molecule has 2 aromatic rings. The molecule has 0 atom stereocenters. The van der Waals surface area contributed by atoms with Crippen molar-refractivity contribution in [3.8, 4) is 0 Å². The normalized spacial score (nSPS) is 15.5. The fourth-order valence-corrected chi connectivity index (χ4v) is 3.88. The first kappa shape index (κ1) is 19.9. The lowest BCUT2D eigenvalue weighted by Crippen LogP contribution is -2.28. The molecule has 1 aromatic carbocycles. The molecule has 1 aromatic heterocycles. The SMILES string of the molecule is CC(C)c1ccc(S(=O)(=O)NCCn2nc(C(F)(F)F)cc2C2CC2)cc1. The van der Waals surface area contributed by atoms with Crippen molar-refractivity contribution in [1.29, 1.82) is 0 Å². The standard InChI is InChI=1S/C18H22F3N3O2S/c1-12(2)13-5-7-15(8-6-13)27(25,26)22-9-10-24-16(14-3-4-14)11-17(23-24)18(19,20)21/h5-8,11-12,14,22H,3-4,9-10H2,1-2H3. The van der Waals surface area contributed by atoms with Gasteiger partial charge in [0.2, 0.25) is 10.0 Å². The van der Waals surface area contributed by atoms with Crippen LogP contribution in [0.1, 0.15) is 55.5 Å². The average Bonchev–Trinajstić information content (AvgIpc) is 3.33. The maximum Gasteiger partial charge on any atom is 0.435 e. The van der Waals surface area contributed by atoms with Crippen molar-refractivity contribution in [3.05, 3.63) is 47.3 Å². The van der Waals surface area contributed by atoms with Gasteiger partial charge < -0.3 is 0 Å². The Labute approximate surface area is 156 Å². The predicted octanol–water partition coefficient (Wildman–Crippen LogP) is 3.88. The van der Waals surface area contributed by atoms with Crippen molar-refractivity contribution in [2.45, 2.75) is 56.1 Å². The van der Waals surface area contributed by atoms with Crippen LogP contribution in [0.25, 0.3) is 0 Å². The molecule has 9 heteroatoms. The number of halogens is 3. The van der Waals surface area contributed by atoms with Crippen LogP contribution in [0.3, 0.4) is 0 Å². The molecule has 0 radical (unpaired) electrons. The molecule has 0 saturated heterocycles. The predicted molar refractivity (Wildman–Crippen MR) is 94.9 cm³/mol. The summed E-state index contributed by atoms with van der Waals surface area (Å²) in [6.07, 6.45) is -2.85. The number of alkyl halides is 3. The summed E-state index contributed by atoms with van der Waals surface area (Å²) in [5.74, 6) is 0.368. The third-order valence-corrected chi connectivity index (χ3v) is 6.05. The molecule has 3 rings (SSSR count). The fraction of sp³-hybridized carbons (Fsp3) is 0.500. The molecule has 5 nitrogen and oxygen atoms in total. The van der Waals surface area contributed by atoms with Gasteiger partial charge >= 0.3 is 6.18 Å². The van der Waals surface area contributed by atoms with Crippen molar-refractivity contribution in [3.63, 3.8) is 0 Å². The molecule has 1 fully saturated rings. The summed E-state index contributed by atoms with van der Waals surface area (Å²) in [5.41, 5.74) is 0.610. The Hall–Kier alpha value is -1.87. The van der Waals surface area contributed by atoms with Crippen LogP contribution >= 0.6 is 0 Å². The largest absolute Gasteiger partial charge is 0.435 e. The Morgan fingerprint density at radius 1 is 1.22 bits per heavy atom. The smallest absolute Gasteiger partial charge is 0.267 e. The van der Waals surface area contributed by atoms with Crippen molar-refractivity contribution in [2.75, 3.05) is 6.54 Å². The first-order valence-corrected chi connectivity index (χ1v) is 10.3. The van der Waals surface area contributed by atoms with Gasteiger partial charge in [0, 0.05) is 18.2 Å². The molecule has 1 aliphatic rings. The van der Waals surface area contributed by atoms with Crippen molar-refractivity contribution >= 4 is 10.0 Å². The van der Waals surface area contributed by atoms with E-state index in [1.807, 2.05) is 13.8 Å². The molecule has 1 aliphatic carbocycles. The number of nitrogens with zero attached hydrogens (tertiary/aromatic N) is 2. The molecule has 0 unspecified atom stereocenters. The maximum atomic E-state index is 12.9. The number of hydrogen-bond acceptors (Lipinski definition) is 3. The van der Waals surface area contributed by atoms with Crippen LogP contribution in [0.5, 0.6) is 0 Å². The number of benzene rings is 1. The van der Waals surface area contributed by atoms with Crippen LogP contribution in [0.4, 0.5) is 13.2 Å². The van der Waals surface area contributed by atoms with E-state index in [0.717, 1.165) is 24.5 Å². The molecular formula is C18H22F3N3O2S. The van der Waals surface area contributed by atoms with Gasteiger partial charge in [-0.1, -0.05) is 26.0 Å². The van der Waals surface area contributed by atoms with Gasteiger partial charge in [0.05, 0.1) is 11.4 Å². The second-order valence-electron chi connectivity index (χ2n) is 7.07. The highest BCUT2D eigenvalue weighted by Crippen LogP contribution is 2.42. The lowest BCUT2D eigenvalue weighted by Gasteiger charge is -2.10. The van der Waals surface area contributed by atoms with Crippen LogP contribution in [0.15, 0.2) is 35.2 Å². The molecule has 27 heavy (non-hydrogen) atoms. The van der Waals surface area contributed by atoms with Crippen molar-refractivity contribution < 1.29 is 21.6 Å². The van der Waals surface area contributed by atoms with Gasteiger partial charge in [-0.15, -0.1) is 0 Å². The van der Waals surface area contributed by atoms with E-state index in [9.17, 15) is 21.6 Å². The molecular weight excluding hydrogens is 379 g/mol. The quantitative estimate of drug-likeness (QED) is 0.766. The molecule has 0 amide bonds. The van der Waals surface area contributed by atoms with E-state index in [0.29, 0.717) is 11.6 Å². The van der Waals surface area contributed by atoms with E-state index in [-0.39, 0.29) is 23.9 Å². The van der Waals surface area contributed by atoms with Gasteiger partial charge in [0.1, 0.15) is 0 Å². The summed E-state index contributed by atoms with van der Waals surface area (Å²) in [5, 5.41) is 3.62. The van der Waals surface area contributed by atoms with Crippen molar-refractivity contribution in [2.24, 2.45) is 0 Å². The first-order chi connectivity index (χ1) is 12.6. The number of aromatic nitrogens is 2. The maximum absolute atomic E-state index is 12.9. The highest BCUT2D eigenvalue weighted by Gasteiger charge is 2.37. The molecule has 0 spiro atoms. The third-order valence-electron chi connectivity index (χ3n) is 4.57. The summed E-state index contributed by atoms with van der Waals surface area (Å²) < 4.78 is 67.2. The Morgan fingerprint density at radius 2 is 1.85 bits per heavy atom. The van der Waals surface area contributed by atoms with Crippen LogP contribution in [-0.4, -0.2) is 24.7 Å². The molecule has 1 saturated carbocycles. The van der Waals surface area contributed by atoms with E-state index in [2.05, 4.69) is 9.82 Å². The summed E-state index contributed by atoms with van der Waals surface area (Å²) in [6.45, 7) is 4.04. The summed E-state index contributed by atoms with van der Waals surface area (Å²) in [6, 6.07) is 7.64. The molecule has 1 N–H and O–H groups in total. The summed E-state index contributed by atoms with van der Waals surface area (Å²) >= 11 is 0. The Balaban J connectivity index is 1.67. The number of rotatable bonds is 7. The highest BCUT2D eigenvalue weighted by atomic mass is 32.2. The second-order valence-corrected chi connectivity index (χ2v) is 8.84. The van der Waals surface area contributed by atoms with Gasteiger partial charge in [0.15, 0.2) is 5.69 Å². The lowest BCUT2D eigenvalue weighted by molar-refractivity contribution is -0.141. The lowest BCUT2D eigenvalue weighted by atomic mass is 10.0. The number of hydrogen-bond donors (Lipinski definition) is 1. The third kappa shape index (κ3) is 4.70. The van der Waals surface area contributed by atoms with Crippen LogP contribution in [-0.2, 0) is 22.7 Å². The Morgan fingerprint density at radius 3 is 2.37 bits per heavy atom. The van der Waals surface area contributed by atoms with Gasteiger partial charge in [0.25, 0.3) is 0 Å². The van der Waals surface area contributed by atoms with Gasteiger partial charge in [-0.25, -0.2) is 13.1 Å². The first-order valence-electron chi connectivity index (χ1n) is 8.82. The van der Waals surface area contributed by atoms with Crippen LogP contribution in [0, 0.1) is 0 Å². The minimum atomic E-state index is -4.51. The average molecular weight is 401 g/mol. The number of sulfonamides is 1. The van der Waals surface area contributed by atoms with E-state index in [4.69, 9.17) is 0 Å². The van der Waals surface area contributed by atoms with Gasteiger partial charge in [-0.05, 0) is 42.5 Å². The monoisotopic (exact) mass is 401 g/mol.